The van der Waals surface area contributed by atoms with Crippen LogP contribution in [0.5, 0.6) is 5.75 Å². The number of nitrogens with two attached hydrogens (primary N) is 1. The number of pyridine rings is 1. The first-order valence-electron chi connectivity index (χ1n) is 7.49. The van der Waals surface area contributed by atoms with E-state index in [1.54, 1.807) is 6.20 Å². The van der Waals surface area contributed by atoms with Crippen LogP contribution in [0.4, 0.5) is 0 Å². The highest BCUT2D eigenvalue weighted by Gasteiger charge is 2.21. The Morgan fingerprint density at radius 1 is 1.26 bits per heavy atom. The molecular weight excluding hydrogens is 403 g/mol. The summed E-state index contributed by atoms with van der Waals surface area (Å²) in [6.45, 7) is 1.29. The van der Waals surface area contributed by atoms with Crippen LogP contribution < -0.4 is 15.8 Å². The minimum absolute atomic E-state index is 0. The Morgan fingerprint density at radius 2 is 2.09 bits per heavy atom. The topological polar surface area (TPSA) is 72.5 Å². The Hall–Kier alpha value is -1.83. The molecule has 1 aliphatic heterocycles. The molecule has 1 aromatic carbocycles. The van der Waals surface area contributed by atoms with Gasteiger partial charge in [-0.2, -0.15) is 0 Å². The van der Waals surface area contributed by atoms with Crippen molar-refractivity contribution in [2.75, 3.05) is 13.1 Å². The van der Waals surface area contributed by atoms with Crippen LogP contribution >= 0.6 is 24.0 Å². The summed E-state index contributed by atoms with van der Waals surface area (Å²) in [6, 6.07) is 14.0. The van der Waals surface area contributed by atoms with Crippen LogP contribution in [0.1, 0.15) is 11.3 Å². The maximum absolute atomic E-state index is 5.88. The number of nitrogens with zero attached hydrogens (tertiary/aromatic N) is 2. The predicted octanol–water partition coefficient (Wildman–Crippen LogP) is 2.15. The van der Waals surface area contributed by atoms with Crippen molar-refractivity contribution in [2.45, 2.75) is 18.9 Å². The lowest BCUT2D eigenvalue weighted by molar-refractivity contribution is 0.242. The fraction of sp³-hybridized carbons (Fsp3) is 0.294. The lowest BCUT2D eigenvalue weighted by atomic mass is 10.1. The molecule has 0 saturated heterocycles. The maximum Gasteiger partial charge on any atom is 0.188 e. The summed E-state index contributed by atoms with van der Waals surface area (Å²) in [5.41, 5.74) is 8.16. The van der Waals surface area contributed by atoms with E-state index in [2.05, 4.69) is 21.4 Å². The van der Waals surface area contributed by atoms with Crippen LogP contribution in [0, 0.1) is 0 Å². The molecule has 0 fully saturated rings. The van der Waals surface area contributed by atoms with Gasteiger partial charge in [0, 0.05) is 31.3 Å². The number of fused-ring (bicyclic) bond motifs is 1. The first-order valence-corrected chi connectivity index (χ1v) is 7.49. The number of aromatic nitrogens is 1. The minimum atomic E-state index is 0. The van der Waals surface area contributed by atoms with Gasteiger partial charge in [0.15, 0.2) is 5.96 Å². The highest BCUT2D eigenvalue weighted by molar-refractivity contribution is 14.0. The largest absolute Gasteiger partial charge is 0.488 e. The fourth-order valence-electron chi connectivity index (χ4n) is 2.48. The van der Waals surface area contributed by atoms with E-state index < -0.39 is 0 Å². The lowest BCUT2D eigenvalue weighted by Gasteiger charge is -2.09. The normalized spacial score (nSPS) is 16.2. The summed E-state index contributed by atoms with van der Waals surface area (Å²) in [6.07, 6.45) is 3.58. The summed E-state index contributed by atoms with van der Waals surface area (Å²) in [7, 11) is 0. The molecule has 1 aliphatic rings. The van der Waals surface area contributed by atoms with E-state index in [-0.39, 0.29) is 30.1 Å². The molecule has 122 valence electrons. The summed E-state index contributed by atoms with van der Waals surface area (Å²) < 4.78 is 5.83. The van der Waals surface area contributed by atoms with E-state index in [1.807, 2.05) is 36.4 Å². The van der Waals surface area contributed by atoms with Crippen molar-refractivity contribution in [3.8, 4) is 5.75 Å². The van der Waals surface area contributed by atoms with Crippen molar-refractivity contribution < 1.29 is 4.74 Å². The molecular formula is C17H21IN4O. The minimum Gasteiger partial charge on any atom is -0.488 e. The first kappa shape index (κ1) is 17.5. The number of guanidine groups is 1. The Kier molecular flexibility index (Phi) is 6.64. The van der Waals surface area contributed by atoms with Gasteiger partial charge in [-0.05, 0) is 23.8 Å². The molecule has 0 saturated carbocycles. The molecule has 0 spiro atoms. The van der Waals surface area contributed by atoms with Gasteiger partial charge < -0.3 is 15.8 Å². The number of hydrogen-bond donors (Lipinski definition) is 2. The smallest absolute Gasteiger partial charge is 0.188 e. The van der Waals surface area contributed by atoms with Crippen LogP contribution in [0.3, 0.4) is 0 Å². The summed E-state index contributed by atoms with van der Waals surface area (Å²) in [4.78, 5) is 8.63. The molecule has 0 radical (unpaired) electrons. The number of hydrogen-bond acceptors (Lipinski definition) is 3. The van der Waals surface area contributed by atoms with Crippen molar-refractivity contribution in [1.82, 2.24) is 10.3 Å². The Labute approximate surface area is 153 Å². The van der Waals surface area contributed by atoms with E-state index in [1.165, 1.54) is 5.56 Å². The average Bonchev–Trinajstić information content (AvgIpc) is 2.97. The van der Waals surface area contributed by atoms with Gasteiger partial charge in [-0.1, -0.05) is 24.3 Å². The van der Waals surface area contributed by atoms with Crippen LogP contribution in [0.25, 0.3) is 0 Å². The molecule has 3 N–H and O–H groups in total. The van der Waals surface area contributed by atoms with E-state index in [4.69, 9.17) is 10.5 Å². The van der Waals surface area contributed by atoms with Crippen molar-refractivity contribution >= 4 is 29.9 Å². The molecule has 5 nitrogen and oxygen atoms in total. The number of halogens is 1. The number of aliphatic imine (C=N–C) groups is 1. The van der Waals surface area contributed by atoms with Crippen molar-refractivity contribution in [3.05, 3.63) is 59.9 Å². The predicted molar refractivity (Wildman–Crippen MR) is 102 cm³/mol. The molecule has 0 aliphatic carbocycles. The molecule has 3 rings (SSSR count). The van der Waals surface area contributed by atoms with E-state index >= 15 is 0 Å². The third kappa shape index (κ3) is 5.09. The van der Waals surface area contributed by atoms with Crippen LogP contribution in [-0.4, -0.2) is 30.1 Å². The molecule has 2 heterocycles. The third-order valence-corrected chi connectivity index (χ3v) is 3.59. The van der Waals surface area contributed by atoms with Crippen LogP contribution in [-0.2, 0) is 12.8 Å². The second-order valence-electron chi connectivity index (χ2n) is 5.28. The fourth-order valence-corrected chi connectivity index (χ4v) is 2.48. The Morgan fingerprint density at radius 3 is 2.87 bits per heavy atom. The van der Waals surface area contributed by atoms with Gasteiger partial charge in [0.25, 0.3) is 0 Å². The maximum atomic E-state index is 5.88. The second-order valence-corrected chi connectivity index (χ2v) is 5.28. The molecule has 1 atom stereocenters. The van der Waals surface area contributed by atoms with Crippen molar-refractivity contribution in [1.29, 1.82) is 0 Å². The second kappa shape index (κ2) is 8.71. The summed E-state index contributed by atoms with van der Waals surface area (Å²) >= 11 is 0. The zero-order valence-electron chi connectivity index (χ0n) is 12.8. The Balaban J connectivity index is 0.00000192. The molecule has 1 aromatic heterocycles. The van der Waals surface area contributed by atoms with Gasteiger partial charge in [0.2, 0.25) is 0 Å². The SMILES string of the molecule is I.NC(=NCC1Cc2ccccc2O1)NCCc1ccccn1. The first-order chi connectivity index (χ1) is 10.8. The third-order valence-electron chi connectivity index (χ3n) is 3.59. The molecule has 23 heavy (non-hydrogen) atoms. The van der Waals surface area contributed by atoms with Gasteiger partial charge in [-0.25, -0.2) is 4.99 Å². The number of nitrogens with one attached hydrogen (secondary N) is 1. The number of ether oxygens (including phenoxy) is 1. The summed E-state index contributed by atoms with van der Waals surface area (Å²) in [5.74, 6) is 1.42. The monoisotopic (exact) mass is 424 g/mol. The van der Waals surface area contributed by atoms with Crippen molar-refractivity contribution in [2.24, 2.45) is 10.7 Å². The average molecular weight is 424 g/mol. The quantitative estimate of drug-likeness (QED) is 0.439. The van der Waals surface area contributed by atoms with Gasteiger partial charge in [0.1, 0.15) is 11.9 Å². The van der Waals surface area contributed by atoms with Crippen molar-refractivity contribution in [3.63, 3.8) is 0 Å². The van der Waals surface area contributed by atoms with Gasteiger partial charge in [-0.15, -0.1) is 24.0 Å². The molecule has 1 unspecified atom stereocenters. The highest BCUT2D eigenvalue weighted by Crippen LogP contribution is 2.27. The van der Waals surface area contributed by atoms with Gasteiger partial charge in [0.05, 0.1) is 6.54 Å². The van der Waals surface area contributed by atoms with E-state index in [0.29, 0.717) is 12.5 Å². The number of benzene rings is 1. The van der Waals surface area contributed by atoms with E-state index in [0.717, 1.165) is 30.8 Å². The molecule has 6 heteroatoms. The molecule has 0 bridgehead atoms. The zero-order chi connectivity index (χ0) is 15.2. The van der Waals surface area contributed by atoms with Gasteiger partial charge in [-0.3, -0.25) is 4.98 Å². The van der Waals surface area contributed by atoms with Crippen LogP contribution in [0.15, 0.2) is 53.7 Å². The molecule has 0 amide bonds. The zero-order valence-corrected chi connectivity index (χ0v) is 15.1. The molecule has 2 aromatic rings. The summed E-state index contributed by atoms with van der Waals surface area (Å²) in [5, 5.41) is 3.11. The van der Waals surface area contributed by atoms with Gasteiger partial charge >= 0.3 is 0 Å². The number of para-hydroxylation sites is 1. The van der Waals surface area contributed by atoms with E-state index in [9.17, 15) is 0 Å². The lowest BCUT2D eigenvalue weighted by Crippen LogP contribution is -2.34. The number of rotatable bonds is 5. The standard InChI is InChI=1S/C17H20N4O.HI/c18-17(20-10-8-14-6-3-4-9-19-14)21-12-15-11-13-5-1-2-7-16(13)22-15;/h1-7,9,15H,8,10-12H2,(H3,18,20,21);1H. The highest BCUT2D eigenvalue weighted by atomic mass is 127. The Bertz CT molecular complexity index is 623. The van der Waals surface area contributed by atoms with Crippen LogP contribution in [0.2, 0.25) is 0 Å².